The summed E-state index contributed by atoms with van der Waals surface area (Å²) in [6.07, 6.45) is 1.56. The van der Waals surface area contributed by atoms with Crippen molar-refractivity contribution in [1.29, 1.82) is 0 Å². The van der Waals surface area contributed by atoms with E-state index in [0.29, 0.717) is 12.1 Å². The lowest BCUT2D eigenvalue weighted by molar-refractivity contribution is 0.0601. The van der Waals surface area contributed by atoms with Crippen LogP contribution in [0.25, 0.3) is 0 Å². The lowest BCUT2D eigenvalue weighted by Crippen LogP contribution is -2.26. The maximum absolute atomic E-state index is 11.4. The number of nitrogens with zero attached hydrogens (tertiary/aromatic N) is 3. The zero-order valence-corrected chi connectivity index (χ0v) is 12.8. The monoisotopic (exact) mass is 288 g/mol. The highest BCUT2D eigenvalue weighted by Gasteiger charge is 2.18. The standard InChI is InChI=1S/C15H20N4O2/c1-15(2,3)19-13(17-10-18-19)9-16-12-7-5-11(6-8-12)14(20)21-4/h5-8,10,16H,9H2,1-4H3. The minimum Gasteiger partial charge on any atom is -0.465 e. The number of carbonyl (C=O) groups is 1. The van der Waals surface area contributed by atoms with Crippen LogP contribution in [0, 0.1) is 0 Å². The van der Waals surface area contributed by atoms with Crippen LogP contribution in [0.3, 0.4) is 0 Å². The summed E-state index contributed by atoms with van der Waals surface area (Å²) in [5.41, 5.74) is 1.33. The Morgan fingerprint density at radius 2 is 1.95 bits per heavy atom. The van der Waals surface area contributed by atoms with Crippen LogP contribution in [0.1, 0.15) is 37.0 Å². The number of ether oxygens (including phenoxy) is 1. The van der Waals surface area contributed by atoms with E-state index in [1.807, 2.05) is 16.8 Å². The van der Waals surface area contributed by atoms with Gasteiger partial charge in [0.05, 0.1) is 24.8 Å². The molecule has 1 N–H and O–H groups in total. The molecule has 1 heterocycles. The predicted octanol–water partition coefficient (Wildman–Crippen LogP) is 2.43. The number of hydrogen-bond donors (Lipinski definition) is 1. The topological polar surface area (TPSA) is 69.0 Å². The van der Waals surface area contributed by atoms with E-state index in [2.05, 4.69) is 40.9 Å². The Labute approximate surface area is 124 Å². The summed E-state index contributed by atoms with van der Waals surface area (Å²) in [4.78, 5) is 15.6. The van der Waals surface area contributed by atoms with Crippen LogP contribution in [0.5, 0.6) is 0 Å². The molecule has 0 bridgehead atoms. The number of anilines is 1. The second-order valence-corrected chi connectivity index (χ2v) is 5.68. The van der Waals surface area contributed by atoms with E-state index in [-0.39, 0.29) is 11.5 Å². The Bertz CT molecular complexity index is 611. The Morgan fingerprint density at radius 1 is 1.29 bits per heavy atom. The average molecular weight is 288 g/mol. The lowest BCUT2D eigenvalue weighted by atomic mass is 10.1. The maximum Gasteiger partial charge on any atom is 0.337 e. The van der Waals surface area contributed by atoms with Gasteiger partial charge in [0.1, 0.15) is 12.2 Å². The quantitative estimate of drug-likeness (QED) is 0.875. The number of rotatable bonds is 4. The van der Waals surface area contributed by atoms with Crippen LogP contribution in [0.15, 0.2) is 30.6 Å². The van der Waals surface area contributed by atoms with Gasteiger partial charge < -0.3 is 10.1 Å². The van der Waals surface area contributed by atoms with Crippen molar-refractivity contribution in [1.82, 2.24) is 14.8 Å². The van der Waals surface area contributed by atoms with E-state index in [1.54, 1.807) is 18.5 Å². The molecule has 1 aromatic carbocycles. The van der Waals surface area contributed by atoms with Gasteiger partial charge in [-0.25, -0.2) is 14.5 Å². The zero-order valence-electron chi connectivity index (χ0n) is 12.8. The van der Waals surface area contributed by atoms with Crippen LogP contribution in [0.4, 0.5) is 5.69 Å². The molecular formula is C15H20N4O2. The van der Waals surface area contributed by atoms with Crippen molar-refractivity contribution in [3.63, 3.8) is 0 Å². The number of methoxy groups -OCH3 is 1. The molecule has 0 aliphatic carbocycles. The summed E-state index contributed by atoms with van der Waals surface area (Å²) in [6.45, 7) is 6.80. The maximum atomic E-state index is 11.4. The van der Waals surface area contributed by atoms with Crippen LogP contribution < -0.4 is 5.32 Å². The number of aromatic nitrogens is 3. The van der Waals surface area contributed by atoms with Gasteiger partial charge >= 0.3 is 5.97 Å². The summed E-state index contributed by atoms with van der Waals surface area (Å²) in [6, 6.07) is 7.12. The fourth-order valence-electron chi connectivity index (χ4n) is 1.97. The molecule has 2 aromatic rings. The molecule has 0 unspecified atom stereocenters. The van der Waals surface area contributed by atoms with Gasteiger partial charge in [0, 0.05) is 5.69 Å². The summed E-state index contributed by atoms with van der Waals surface area (Å²) in [7, 11) is 1.37. The first kappa shape index (κ1) is 15.0. The molecule has 2 rings (SSSR count). The van der Waals surface area contributed by atoms with Gasteiger partial charge in [0.15, 0.2) is 0 Å². The minimum atomic E-state index is -0.339. The third-order valence-corrected chi connectivity index (χ3v) is 3.01. The second-order valence-electron chi connectivity index (χ2n) is 5.68. The largest absolute Gasteiger partial charge is 0.465 e. The number of benzene rings is 1. The van der Waals surface area contributed by atoms with E-state index < -0.39 is 0 Å². The summed E-state index contributed by atoms with van der Waals surface area (Å²) >= 11 is 0. The lowest BCUT2D eigenvalue weighted by Gasteiger charge is -2.21. The van der Waals surface area contributed by atoms with Crippen molar-refractivity contribution in [2.24, 2.45) is 0 Å². The Morgan fingerprint density at radius 3 is 2.52 bits per heavy atom. The number of hydrogen-bond acceptors (Lipinski definition) is 5. The predicted molar refractivity (Wildman–Crippen MR) is 80.1 cm³/mol. The van der Waals surface area contributed by atoms with Crippen molar-refractivity contribution in [3.8, 4) is 0 Å². The number of esters is 1. The van der Waals surface area contributed by atoms with Gasteiger partial charge in [-0.2, -0.15) is 5.10 Å². The fourth-order valence-corrected chi connectivity index (χ4v) is 1.97. The number of nitrogens with one attached hydrogen (secondary N) is 1. The molecule has 0 fully saturated rings. The first-order chi connectivity index (χ1) is 9.91. The minimum absolute atomic E-state index is 0.109. The van der Waals surface area contributed by atoms with E-state index in [0.717, 1.165) is 11.5 Å². The third kappa shape index (κ3) is 3.59. The third-order valence-electron chi connectivity index (χ3n) is 3.01. The molecule has 0 saturated carbocycles. The van der Waals surface area contributed by atoms with Crippen LogP contribution in [-0.4, -0.2) is 27.8 Å². The fraction of sp³-hybridized carbons (Fsp3) is 0.400. The van der Waals surface area contributed by atoms with Gasteiger partial charge in [-0.05, 0) is 45.0 Å². The van der Waals surface area contributed by atoms with Gasteiger partial charge in [-0.1, -0.05) is 0 Å². The molecule has 0 amide bonds. The first-order valence-corrected chi connectivity index (χ1v) is 6.73. The molecule has 21 heavy (non-hydrogen) atoms. The van der Waals surface area contributed by atoms with Crippen LogP contribution >= 0.6 is 0 Å². The van der Waals surface area contributed by atoms with Gasteiger partial charge in [0.25, 0.3) is 0 Å². The van der Waals surface area contributed by atoms with Gasteiger partial charge in [0.2, 0.25) is 0 Å². The highest BCUT2D eigenvalue weighted by atomic mass is 16.5. The van der Waals surface area contributed by atoms with Crippen LogP contribution in [-0.2, 0) is 16.8 Å². The summed E-state index contributed by atoms with van der Waals surface area (Å²) < 4.78 is 6.56. The average Bonchev–Trinajstić information content (AvgIpc) is 2.93. The van der Waals surface area contributed by atoms with Gasteiger partial charge in [-0.15, -0.1) is 0 Å². The SMILES string of the molecule is COC(=O)c1ccc(NCc2ncnn2C(C)(C)C)cc1. The van der Waals surface area contributed by atoms with Crippen LogP contribution in [0.2, 0.25) is 0 Å². The van der Waals surface area contributed by atoms with Crippen molar-refractivity contribution >= 4 is 11.7 Å². The summed E-state index contributed by atoms with van der Waals surface area (Å²) in [5, 5.41) is 7.52. The first-order valence-electron chi connectivity index (χ1n) is 6.73. The molecule has 0 atom stereocenters. The number of carbonyl (C=O) groups excluding carboxylic acids is 1. The summed E-state index contributed by atoms with van der Waals surface area (Å²) in [5.74, 6) is 0.522. The van der Waals surface area contributed by atoms with E-state index in [1.165, 1.54) is 7.11 Å². The highest BCUT2D eigenvalue weighted by molar-refractivity contribution is 5.89. The van der Waals surface area contributed by atoms with Crippen molar-refractivity contribution < 1.29 is 9.53 Å². The molecule has 0 radical (unpaired) electrons. The van der Waals surface area contributed by atoms with Gasteiger partial charge in [-0.3, -0.25) is 0 Å². The molecular weight excluding hydrogens is 268 g/mol. The van der Waals surface area contributed by atoms with Crippen molar-refractivity contribution in [3.05, 3.63) is 42.0 Å². The zero-order chi connectivity index (χ0) is 15.5. The normalized spacial score (nSPS) is 11.2. The van der Waals surface area contributed by atoms with E-state index in [4.69, 9.17) is 0 Å². The molecule has 112 valence electrons. The Hall–Kier alpha value is -2.37. The molecule has 1 aromatic heterocycles. The van der Waals surface area contributed by atoms with E-state index in [9.17, 15) is 4.79 Å². The smallest absolute Gasteiger partial charge is 0.337 e. The molecule has 6 heteroatoms. The Balaban J connectivity index is 2.04. The molecule has 6 nitrogen and oxygen atoms in total. The van der Waals surface area contributed by atoms with Crippen molar-refractivity contribution in [2.75, 3.05) is 12.4 Å². The van der Waals surface area contributed by atoms with Crippen molar-refractivity contribution in [2.45, 2.75) is 32.9 Å². The van der Waals surface area contributed by atoms with E-state index >= 15 is 0 Å². The Kier molecular flexibility index (Phi) is 4.26. The molecule has 0 saturated heterocycles. The molecule has 0 aliphatic rings. The second kappa shape index (κ2) is 5.95. The molecule has 0 aliphatic heterocycles. The molecule has 0 spiro atoms. The highest BCUT2D eigenvalue weighted by Crippen LogP contribution is 2.16.